The highest BCUT2D eigenvalue weighted by Gasteiger charge is 2.32. The van der Waals surface area contributed by atoms with Gasteiger partial charge in [-0.2, -0.15) is 0 Å². The summed E-state index contributed by atoms with van der Waals surface area (Å²) >= 11 is 0. The minimum absolute atomic E-state index is 0.0235. The lowest BCUT2D eigenvalue weighted by molar-refractivity contribution is 0.201. The molecule has 0 bridgehead atoms. The molecule has 3 heterocycles. The molecule has 0 saturated carbocycles. The zero-order valence-electron chi connectivity index (χ0n) is 17.0. The van der Waals surface area contributed by atoms with Gasteiger partial charge < -0.3 is 9.47 Å². The Hall–Kier alpha value is -3.47. The van der Waals surface area contributed by atoms with Crippen LogP contribution in [0.2, 0.25) is 0 Å². The largest absolute Gasteiger partial charge is 0.466 e. The van der Waals surface area contributed by atoms with Crippen LogP contribution >= 0.6 is 0 Å². The summed E-state index contributed by atoms with van der Waals surface area (Å²) in [5.41, 5.74) is 3.62. The maximum Gasteiger partial charge on any atom is 0.236 e. The van der Waals surface area contributed by atoms with E-state index in [0.717, 1.165) is 11.1 Å². The maximum absolute atomic E-state index is 6.18. The second-order valence-electron chi connectivity index (χ2n) is 7.66. The van der Waals surface area contributed by atoms with Crippen LogP contribution in [0.15, 0.2) is 88.8 Å². The first-order valence-corrected chi connectivity index (χ1v) is 10.3. The number of aromatic nitrogens is 1. The van der Waals surface area contributed by atoms with E-state index in [-0.39, 0.29) is 24.3 Å². The molecular formula is C25H23N3O2. The first-order chi connectivity index (χ1) is 14.7. The van der Waals surface area contributed by atoms with E-state index in [0.29, 0.717) is 23.2 Å². The second-order valence-corrected chi connectivity index (χ2v) is 7.66. The van der Waals surface area contributed by atoms with Crippen molar-refractivity contribution in [1.82, 2.24) is 4.98 Å². The third-order valence-corrected chi connectivity index (χ3v) is 5.44. The Morgan fingerprint density at radius 3 is 1.43 bits per heavy atom. The molecule has 2 aromatic carbocycles. The van der Waals surface area contributed by atoms with Crippen molar-refractivity contribution >= 4 is 11.8 Å². The smallest absolute Gasteiger partial charge is 0.236 e. The van der Waals surface area contributed by atoms with Crippen molar-refractivity contribution in [3.8, 4) is 0 Å². The fourth-order valence-corrected chi connectivity index (χ4v) is 3.91. The lowest BCUT2D eigenvalue weighted by Crippen LogP contribution is -2.13. The van der Waals surface area contributed by atoms with Crippen LogP contribution in [-0.2, 0) is 9.47 Å². The second kappa shape index (κ2) is 7.75. The van der Waals surface area contributed by atoms with Crippen LogP contribution in [0, 0.1) is 0 Å². The molecule has 0 radical (unpaired) electrons. The maximum atomic E-state index is 6.18. The van der Waals surface area contributed by atoms with E-state index in [9.17, 15) is 0 Å². The number of hydrogen-bond donors (Lipinski definition) is 0. The first kappa shape index (κ1) is 18.6. The Morgan fingerprint density at radius 1 is 0.567 bits per heavy atom. The molecule has 3 aromatic rings. The zero-order chi connectivity index (χ0) is 20.5. The van der Waals surface area contributed by atoms with Gasteiger partial charge in [-0.1, -0.05) is 66.7 Å². The number of nitrogens with zero attached hydrogens (tertiary/aromatic N) is 3. The van der Waals surface area contributed by atoms with Crippen molar-refractivity contribution in [2.24, 2.45) is 9.98 Å². The molecule has 5 rings (SSSR count). The average molecular weight is 397 g/mol. The van der Waals surface area contributed by atoms with Gasteiger partial charge in [0.1, 0.15) is 23.6 Å². The molecule has 0 aliphatic carbocycles. The van der Waals surface area contributed by atoms with Crippen LogP contribution < -0.4 is 0 Å². The van der Waals surface area contributed by atoms with Gasteiger partial charge in [0.15, 0.2) is 0 Å². The van der Waals surface area contributed by atoms with Gasteiger partial charge in [-0.05, 0) is 37.1 Å². The summed E-state index contributed by atoms with van der Waals surface area (Å²) in [5, 5.41) is 0. The van der Waals surface area contributed by atoms with E-state index in [1.54, 1.807) is 0 Å². The minimum atomic E-state index is -0.103. The Morgan fingerprint density at radius 2 is 1.00 bits per heavy atom. The standard InChI is InChI=1S/C25H23N3O2/c1-16-22(18-10-5-3-6-11-18)29-24(26-16)20-14-9-15-21(28-20)25-27-17(2)23(30-25)19-12-7-4-8-13-19/h3-17,22-23H,1-2H3/t16-,17-,22-,23-/m0/s1. The number of aliphatic imine (C=N–C) groups is 2. The highest BCUT2D eigenvalue weighted by atomic mass is 16.5. The van der Waals surface area contributed by atoms with Crippen LogP contribution in [0.3, 0.4) is 0 Å². The number of hydrogen-bond acceptors (Lipinski definition) is 5. The van der Waals surface area contributed by atoms with Crippen LogP contribution in [0.25, 0.3) is 0 Å². The van der Waals surface area contributed by atoms with Gasteiger partial charge in [-0.15, -0.1) is 0 Å². The summed E-state index contributed by atoms with van der Waals surface area (Å²) in [5.74, 6) is 1.12. The summed E-state index contributed by atoms with van der Waals surface area (Å²) in [4.78, 5) is 14.2. The summed E-state index contributed by atoms with van der Waals surface area (Å²) in [6.45, 7) is 4.12. The third kappa shape index (κ3) is 3.47. The number of ether oxygens (including phenoxy) is 2. The van der Waals surface area contributed by atoms with Crippen molar-refractivity contribution < 1.29 is 9.47 Å². The molecule has 5 nitrogen and oxygen atoms in total. The number of rotatable bonds is 4. The lowest BCUT2D eigenvalue weighted by atomic mass is 10.0. The van der Waals surface area contributed by atoms with Crippen molar-refractivity contribution in [3.05, 3.63) is 101 Å². The molecule has 0 spiro atoms. The zero-order valence-corrected chi connectivity index (χ0v) is 17.0. The fourth-order valence-electron chi connectivity index (χ4n) is 3.91. The van der Waals surface area contributed by atoms with Gasteiger partial charge >= 0.3 is 0 Å². The molecule has 4 atom stereocenters. The molecule has 150 valence electrons. The fraction of sp³-hybridized carbons (Fsp3) is 0.240. The molecule has 0 amide bonds. The predicted octanol–water partition coefficient (Wildman–Crippen LogP) is 4.89. The molecular weight excluding hydrogens is 374 g/mol. The van der Waals surface area contributed by atoms with Gasteiger partial charge in [-0.3, -0.25) is 0 Å². The molecule has 0 fully saturated rings. The van der Waals surface area contributed by atoms with Crippen LogP contribution in [0.1, 0.15) is 48.6 Å². The predicted molar refractivity (Wildman–Crippen MR) is 117 cm³/mol. The van der Waals surface area contributed by atoms with Crippen LogP contribution in [0.4, 0.5) is 0 Å². The lowest BCUT2D eigenvalue weighted by Gasteiger charge is -2.15. The SMILES string of the molecule is C[C@@H]1N=C(c2cccc(C3=N[C@@H](C)[C@@H](c4ccccc4)O3)n2)O[C@@H]1c1ccccc1. The van der Waals surface area contributed by atoms with Crippen LogP contribution in [0.5, 0.6) is 0 Å². The summed E-state index contributed by atoms with van der Waals surface area (Å²) < 4.78 is 12.4. The van der Waals surface area contributed by atoms with Crippen LogP contribution in [-0.4, -0.2) is 28.9 Å². The summed E-state index contributed by atoms with van der Waals surface area (Å²) in [6.07, 6.45) is -0.205. The Kier molecular flexibility index (Phi) is 4.79. The monoisotopic (exact) mass is 397 g/mol. The molecule has 0 unspecified atom stereocenters. The van der Waals surface area contributed by atoms with E-state index in [4.69, 9.17) is 24.4 Å². The topological polar surface area (TPSA) is 56.1 Å². The van der Waals surface area contributed by atoms with Gasteiger partial charge in [0.25, 0.3) is 0 Å². The molecule has 2 aliphatic heterocycles. The van der Waals surface area contributed by atoms with Crippen molar-refractivity contribution in [2.45, 2.75) is 38.1 Å². The van der Waals surface area contributed by atoms with Gasteiger partial charge in [0.2, 0.25) is 11.8 Å². The van der Waals surface area contributed by atoms with Gasteiger partial charge in [0.05, 0.1) is 12.1 Å². The van der Waals surface area contributed by atoms with E-state index >= 15 is 0 Å². The number of benzene rings is 2. The average Bonchev–Trinajstić information content (AvgIpc) is 3.38. The van der Waals surface area contributed by atoms with Crippen molar-refractivity contribution in [2.75, 3.05) is 0 Å². The van der Waals surface area contributed by atoms with E-state index in [1.807, 2.05) is 54.6 Å². The van der Waals surface area contributed by atoms with E-state index in [2.05, 4.69) is 38.1 Å². The van der Waals surface area contributed by atoms with E-state index in [1.165, 1.54) is 0 Å². The highest BCUT2D eigenvalue weighted by molar-refractivity contribution is 5.97. The first-order valence-electron chi connectivity index (χ1n) is 10.3. The van der Waals surface area contributed by atoms with E-state index < -0.39 is 0 Å². The molecule has 0 saturated heterocycles. The normalized spacial score (nSPS) is 25.3. The van der Waals surface area contributed by atoms with Crippen molar-refractivity contribution in [3.63, 3.8) is 0 Å². The Balaban J connectivity index is 1.37. The molecule has 2 aliphatic rings. The molecule has 30 heavy (non-hydrogen) atoms. The molecule has 0 N–H and O–H groups in total. The highest BCUT2D eigenvalue weighted by Crippen LogP contribution is 2.32. The number of pyridine rings is 1. The Bertz CT molecular complexity index is 1010. The molecule has 5 heteroatoms. The van der Waals surface area contributed by atoms with Gasteiger partial charge in [-0.25, -0.2) is 15.0 Å². The minimum Gasteiger partial charge on any atom is -0.466 e. The van der Waals surface area contributed by atoms with Crippen molar-refractivity contribution in [1.29, 1.82) is 0 Å². The third-order valence-electron chi connectivity index (χ3n) is 5.44. The quantitative estimate of drug-likeness (QED) is 0.629. The Labute approximate surface area is 176 Å². The van der Waals surface area contributed by atoms with Gasteiger partial charge in [0, 0.05) is 0 Å². The molecule has 1 aromatic heterocycles. The summed E-state index contributed by atoms with van der Waals surface area (Å²) in [6, 6.07) is 26.1. The summed E-state index contributed by atoms with van der Waals surface area (Å²) in [7, 11) is 0.